The Bertz CT molecular complexity index is 1010. The minimum atomic E-state index is -0.400. The van der Waals surface area contributed by atoms with Crippen LogP contribution in [0.5, 0.6) is 0 Å². The highest BCUT2D eigenvalue weighted by atomic mass is 16.5. The van der Waals surface area contributed by atoms with Crippen LogP contribution in [0.25, 0.3) is 0 Å². The van der Waals surface area contributed by atoms with E-state index < -0.39 is 5.97 Å². The number of hydrogen-bond acceptors (Lipinski definition) is 4. The van der Waals surface area contributed by atoms with Crippen molar-refractivity contribution in [2.45, 2.75) is 20.0 Å². The molecule has 0 fully saturated rings. The van der Waals surface area contributed by atoms with E-state index in [0.717, 1.165) is 0 Å². The number of hydrogen-bond donors (Lipinski definition) is 1. The van der Waals surface area contributed by atoms with Gasteiger partial charge in [0.15, 0.2) is 0 Å². The minimum Gasteiger partial charge on any atom is -0.459 e. The van der Waals surface area contributed by atoms with Gasteiger partial charge in [0.1, 0.15) is 5.71 Å². The van der Waals surface area contributed by atoms with Crippen LogP contribution in [-0.4, -0.2) is 23.7 Å². The molecule has 0 saturated carbocycles. The second kappa shape index (κ2) is 10.4. The Balaban J connectivity index is 2.11. The maximum Gasteiger partial charge on any atom is 0.338 e. The molecule has 2 aromatic rings. The summed E-state index contributed by atoms with van der Waals surface area (Å²) < 4.78 is 5.14. The van der Waals surface area contributed by atoms with Crippen molar-refractivity contribution in [2.75, 3.05) is 5.32 Å². The molecule has 5 nitrogen and oxygen atoms in total. The molecule has 5 heteroatoms. The largest absolute Gasteiger partial charge is 0.459 e. The smallest absolute Gasteiger partial charge is 0.338 e. The summed E-state index contributed by atoms with van der Waals surface area (Å²) in [4.78, 5) is 28.4. The van der Waals surface area contributed by atoms with E-state index in [2.05, 4.69) is 35.3 Å². The van der Waals surface area contributed by atoms with Crippen molar-refractivity contribution in [3.05, 3.63) is 90.7 Å². The lowest BCUT2D eigenvalue weighted by atomic mass is 10.1. The van der Waals surface area contributed by atoms with Gasteiger partial charge >= 0.3 is 5.97 Å². The molecule has 0 aliphatic rings. The van der Waals surface area contributed by atoms with Gasteiger partial charge in [0, 0.05) is 23.0 Å². The zero-order valence-electron chi connectivity index (χ0n) is 16.4. The predicted octanol–water partition coefficient (Wildman–Crippen LogP) is 4.63. The van der Waals surface area contributed by atoms with Crippen LogP contribution in [0.4, 0.5) is 5.69 Å². The number of esters is 1. The Labute approximate surface area is 170 Å². The molecule has 0 aliphatic carbocycles. The molecule has 0 aromatic heterocycles. The second-order valence-corrected chi connectivity index (χ2v) is 6.22. The Hall–Kier alpha value is -3.91. The van der Waals surface area contributed by atoms with E-state index in [4.69, 9.17) is 4.74 Å². The molecule has 0 bridgehead atoms. The number of ether oxygens (including phenoxy) is 1. The number of anilines is 1. The van der Waals surface area contributed by atoms with Crippen molar-refractivity contribution in [3.63, 3.8) is 0 Å². The molecule has 29 heavy (non-hydrogen) atoms. The Morgan fingerprint density at radius 1 is 1.10 bits per heavy atom. The molecule has 0 heterocycles. The summed E-state index contributed by atoms with van der Waals surface area (Å²) in [5, 5.41) is 2.80. The maximum absolute atomic E-state index is 12.5. The van der Waals surface area contributed by atoms with Crippen LogP contribution in [-0.2, 0) is 4.74 Å². The molecule has 146 valence electrons. The Morgan fingerprint density at radius 2 is 1.83 bits per heavy atom. The first-order chi connectivity index (χ1) is 13.9. The number of amides is 1. The predicted molar refractivity (Wildman–Crippen MR) is 116 cm³/mol. The van der Waals surface area contributed by atoms with Crippen LogP contribution >= 0.6 is 0 Å². The summed E-state index contributed by atoms with van der Waals surface area (Å²) in [6.07, 6.45) is 2.73. The van der Waals surface area contributed by atoms with E-state index >= 15 is 0 Å². The number of aliphatic imine (C=N–C) groups is 1. The molecule has 2 aromatic carbocycles. The first-order valence-corrected chi connectivity index (χ1v) is 8.98. The van der Waals surface area contributed by atoms with Gasteiger partial charge in [0.25, 0.3) is 5.91 Å². The van der Waals surface area contributed by atoms with Gasteiger partial charge in [0.05, 0.1) is 11.7 Å². The van der Waals surface area contributed by atoms with E-state index in [1.54, 1.807) is 62.4 Å². The first-order valence-electron chi connectivity index (χ1n) is 8.98. The number of allylic oxidation sites excluding steroid dienone is 1. The van der Waals surface area contributed by atoms with Gasteiger partial charge in [-0.1, -0.05) is 25.1 Å². The summed E-state index contributed by atoms with van der Waals surface area (Å²) in [5.41, 5.74) is 2.61. The van der Waals surface area contributed by atoms with Crippen LogP contribution in [0.3, 0.4) is 0 Å². The van der Waals surface area contributed by atoms with E-state index in [0.29, 0.717) is 28.1 Å². The molecule has 0 spiro atoms. The van der Waals surface area contributed by atoms with Gasteiger partial charge in [-0.05, 0) is 68.3 Å². The highest BCUT2D eigenvalue weighted by molar-refractivity contribution is 6.09. The lowest BCUT2D eigenvalue weighted by molar-refractivity contribution is 0.0378. The molecule has 0 saturated heterocycles. The first kappa shape index (κ1) is 21.4. The number of carbonyl (C=O) groups excluding carboxylic acids is 2. The Morgan fingerprint density at radius 3 is 2.45 bits per heavy atom. The van der Waals surface area contributed by atoms with E-state index in [9.17, 15) is 9.59 Å². The fourth-order valence-corrected chi connectivity index (χ4v) is 2.28. The molecule has 1 N–H and O–H groups in total. The third-order valence-corrected chi connectivity index (χ3v) is 3.60. The average molecular weight is 386 g/mol. The summed E-state index contributed by atoms with van der Waals surface area (Å²) >= 11 is 0. The normalized spacial score (nSPS) is 10.5. The molecular weight excluding hydrogens is 364 g/mol. The molecule has 0 unspecified atom stereocenters. The number of rotatable bonds is 6. The van der Waals surface area contributed by atoms with Crippen LogP contribution in [0.1, 0.15) is 40.1 Å². The van der Waals surface area contributed by atoms with Crippen LogP contribution in [0, 0.1) is 11.8 Å². The quantitative estimate of drug-likeness (QED) is 0.447. The zero-order chi connectivity index (χ0) is 21.2. The summed E-state index contributed by atoms with van der Waals surface area (Å²) in [7, 11) is 0. The fourth-order valence-electron chi connectivity index (χ4n) is 2.28. The lowest BCUT2D eigenvalue weighted by Gasteiger charge is -2.09. The number of nitrogens with one attached hydrogen (secondary N) is 1. The van der Waals surface area contributed by atoms with E-state index in [-0.39, 0.29) is 12.0 Å². The third kappa shape index (κ3) is 6.64. The van der Waals surface area contributed by atoms with Gasteiger partial charge < -0.3 is 10.1 Å². The highest BCUT2D eigenvalue weighted by Crippen LogP contribution is 2.13. The molecule has 0 radical (unpaired) electrons. The van der Waals surface area contributed by atoms with Gasteiger partial charge in [0.2, 0.25) is 0 Å². The minimum absolute atomic E-state index is 0.192. The van der Waals surface area contributed by atoms with Gasteiger partial charge in [-0.15, -0.1) is 0 Å². The fraction of sp³-hybridized carbons (Fsp3) is 0.125. The summed E-state index contributed by atoms with van der Waals surface area (Å²) in [6.45, 7) is 10.7. The molecule has 0 aliphatic heterocycles. The molecule has 2 rings (SSSR count). The van der Waals surface area contributed by atoms with Crippen molar-refractivity contribution in [3.8, 4) is 11.8 Å². The topological polar surface area (TPSA) is 67.8 Å². The molecule has 0 atom stereocenters. The second-order valence-electron chi connectivity index (χ2n) is 6.22. The number of carbonyl (C=O) groups is 2. The monoisotopic (exact) mass is 386 g/mol. The van der Waals surface area contributed by atoms with Crippen molar-refractivity contribution in [2.24, 2.45) is 4.99 Å². The van der Waals surface area contributed by atoms with Gasteiger partial charge in [-0.2, -0.15) is 0 Å². The zero-order valence-corrected chi connectivity index (χ0v) is 16.4. The summed E-state index contributed by atoms with van der Waals surface area (Å²) in [6, 6.07) is 13.5. The van der Waals surface area contributed by atoms with Gasteiger partial charge in [-0.3, -0.25) is 4.79 Å². The van der Waals surface area contributed by atoms with Crippen molar-refractivity contribution in [1.82, 2.24) is 0 Å². The van der Waals surface area contributed by atoms with E-state index in [1.807, 2.05) is 0 Å². The number of benzene rings is 2. The molecule has 1 amide bonds. The average Bonchev–Trinajstić information content (AvgIpc) is 2.71. The highest BCUT2D eigenvalue weighted by Gasteiger charge is 2.10. The molecular formula is C24H22N2O3. The van der Waals surface area contributed by atoms with Crippen molar-refractivity contribution < 1.29 is 14.3 Å². The third-order valence-electron chi connectivity index (χ3n) is 3.60. The Kier molecular flexibility index (Phi) is 7.69. The van der Waals surface area contributed by atoms with Crippen molar-refractivity contribution >= 4 is 23.3 Å². The van der Waals surface area contributed by atoms with Crippen LogP contribution < -0.4 is 5.32 Å². The van der Waals surface area contributed by atoms with Crippen LogP contribution in [0.15, 0.2) is 79.0 Å². The van der Waals surface area contributed by atoms with Gasteiger partial charge in [-0.25, -0.2) is 9.79 Å². The lowest BCUT2D eigenvalue weighted by Crippen LogP contribution is -2.13. The van der Waals surface area contributed by atoms with Crippen LogP contribution in [0.2, 0.25) is 0 Å². The van der Waals surface area contributed by atoms with E-state index in [1.165, 1.54) is 12.3 Å². The van der Waals surface area contributed by atoms with Crippen molar-refractivity contribution in [1.29, 1.82) is 0 Å². The summed E-state index contributed by atoms with van der Waals surface area (Å²) in [5.74, 6) is 5.13. The standard InChI is InChI=1S/C24H22N2O3/c1-5-21(25-6-2)13-10-18-8-7-9-20(16-18)23(27)26-22-14-11-19(12-15-22)24(28)29-17(3)4/h5-9,11-12,14-17H,1-2H2,3-4H3,(H,26,27). The SMILES string of the molecule is C=CN=C(C#Cc1cccc(C(=O)Nc2ccc(C(=O)OC(C)C)cc2)c1)C=C. The maximum atomic E-state index is 12.5. The number of nitrogens with zero attached hydrogens (tertiary/aromatic N) is 1.